The van der Waals surface area contributed by atoms with Gasteiger partial charge in [-0.05, 0) is 55.9 Å². The number of ether oxygens (including phenoxy) is 1. The van der Waals surface area contributed by atoms with E-state index in [0.717, 1.165) is 19.4 Å². The van der Waals surface area contributed by atoms with Crippen molar-refractivity contribution in [3.63, 3.8) is 0 Å². The van der Waals surface area contributed by atoms with Crippen LogP contribution in [0.15, 0.2) is 23.8 Å². The van der Waals surface area contributed by atoms with Gasteiger partial charge in [0.25, 0.3) is 0 Å². The van der Waals surface area contributed by atoms with Gasteiger partial charge in [-0.3, -0.25) is 4.79 Å². The van der Waals surface area contributed by atoms with Gasteiger partial charge in [-0.1, -0.05) is 13.3 Å². The van der Waals surface area contributed by atoms with Gasteiger partial charge in [0.15, 0.2) is 5.78 Å². The zero-order valence-corrected chi connectivity index (χ0v) is 10.5. The van der Waals surface area contributed by atoms with E-state index in [2.05, 4.69) is 13.0 Å². The molecule has 2 fully saturated rings. The topological polar surface area (TPSA) is 26.3 Å². The van der Waals surface area contributed by atoms with E-state index in [1.807, 2.05) is 6.08 Å². The molecule has 1 aliphatic heterocycles. The SMILES string of the molecule is C[C@]12CCCCC3=CC(=O)C=C[C@@]31OCCC2. The van der Waals surface area contributed by atoms with Crippen molar-refractivity contribution in [2.75, 3.05) is 6.61 Å². The Bertz CT molecular complexity index is 407. The molecule has 0 radical (unpaired) electrons. The van der Waals surface area contributed by atoms with Gasteiger partial charge in [-0.25, -0.2) is 0 Å². The minimum absolute atomic E-state index is 0.129. The Balaban J connectivity index is 2.11. The summed E-state index contributed by atoms with van der Waals surface area (Å²) in [4.78, 5) is 11.6. The van der Waals surface area contributed by atoms with Gasteiger partial charge in [0.2, 0.25) is 0 Å². The van der Waals surface area contributed by atoms with Crippen LogP contribution in [0.3, 0.4) is 0 Å². The lowest BCUT2D eigenvalue weighted by Crippen LogP contribution is -2.52. The lowest BCUT2D eigenvalue weighted by atomic mass is 9.62. The van der Waals surface area contributed by atoms with Crippen LogP contribution in [0.5, 0.6) is 0 Å². The van der Waals surface area contributed by atoms with Crippen LogP contribution in [0, 0.1) is 5.41 Å². The molecule has 3 aliphatic rings. The molecule has 2 atom stereocenters. The van der Waals surface area contributed by atoms with Gasteiger partial charge in [0.1, 0.15) is 5.60 Å². The molecule has 0 aromatic rings. The number of ketones is 1. The molecule has 1 spiro atoms. The Hall–Kier alpha value is -0.890. The fourth-order valence-corrected chi connectivity index (χ4v) is 3.82. The largest absolute Gasteiger partial charge is 0.366 e. The predicted molar refractivity (Wildman–Crippen MR) is 66.7 cm³/mol. The summed E-state index contributed by atoms with van der Waals surface area (Å²) in [5.74, 6) is 0.129. The highest BCUT2D eigenvalue weighted by atomic mass is 16.5. The van der Waals surface area contributed by atoms with Crippen LogP contribution in [-0.4, -0.2) is 18.0 Å². The maximum absolute atomic E-state index is 11.6. The molecule has 0 amide bonds. The Labute approximate surface area is 103 Å². The highest BCUT2D eigenvalue weighted by Crippen LogP contribution is 2.54. The average Bonchev–Trinajstić information content (AvgIpc) is 2.46. The van der Waals surface area contributed by atoms with Crippen molar-refractivity contribution in [3.8, 4) is 0 Å². The molecule has 0 aromatic carbocycles. The van der Waals surface area contributed by atoms with E-state index in [4.69, 9.17) is 4.74 Å². The standard InChI is InChI=1S/C15H20O2/c1-14-7-3-2-5-12-11-13(16)6-9-15(12,14)17-10-4-8-14/h6,9,11H,2-5,7-8,10H2,1H3/t14-,15-/m1/s1. The molecule has 1 heterocycles. The highest BCUT2D eigenvalue weighted by molar-refractivity contribution is 6.01. The summed E-state index contributed by atoms with van der Waals surface area (Å²) in [5.41, 5.74) is 1.14. The monoisotopic (exact) mass is 232 g/mol. The zero-order chi connectivity index (χ0) is 11.9. The van der Waals surface area contributed by atoms with Crippen LogP contribution < -0.4 is 0 Å². The summed E-state index contributed by atoms with van der Waals surface area (Å²) in [6, 6.07) is 0. The summed E-state index contributed by atoms with van der Waals surface area (Å²) in [6.45, 7) is 3.16. The van der Waals surface area contributed by atoms with E-state index in [1.165, 1.54) is 31.3 Å². The second-order valence-electron chi connectivity index (χ2n) is 5.86. The molecule has 17 heavy (non-hydrogen) atoms. The lowest BCUT2D eigenvalue weighted by Gasteiger charge is -2.51. The lowest BCUT2D eigenvalue weighted by molar-refractivity contribution is -0.119. The quantitative estimate of drug-likeness (QED) is 0.641. The fourth-order valence-electron chi connectivity index (χ4n) is 3.82. The third-order valence-electron chi connectivity index (χ3n) is 4.80. The zero-order valence-electron chi connectivity index (χ0n) is 10.5. The molecule has 1 saturated heterocycles. The van der Waals surface area contributed by atoms with Crippen molar-refractivity contribution < 1.29 is 9.53 Å². The van der Waals surface area contributed by atoms with Gasteiger partial charge >= 0.3 is 0 Å². The van der Waals surface area contributed by atoms with Crippen molar-refractivity contribution in [2.45, 2.75) is 51.0 Å². The predicted octanol–water partition coefficient (Wildman–Crippen LogP) is 3.18. The average molecular weight is 232 g/mol. The van der Waals surface area contributed by atoms with Crippen molar-refractivity contribution in [1.82, 2.24) is 0 Å². The third kappa shape index (κ3) is 1.54. The molecule has 2 nitrogen and oxygen atoms in total. The summed E-state index contributed by atoms with van der Waals surface area (Å²) < 4.78 is 6.20. The molecular weight excluding hydrogens is 212 g/mol. The molecule has 3 rings (SSSR count). The van der Waals surface area contributed by atoms with Crippen LogP contribution in [0.25, 0.3) is 0 Å². The normalized spacial score (nSPS) is 41.2. The smallest absolute Gasteiger partial charge is 0.178 e. The summed E-state index contributed by atoms with van der Waals surface area (Å²) in [7, 11) is 0. The highest BCUT2D eigenvalue weighted by Gasteiger charge is 2.53. The maximum Gasteiger partial charge on any atom is 0.178 e. The number of carbonyl (C=O) groups is 1. The first-order valence-corrected chi connectivity index (χ1v) is 6.75. The summed E-state index contributed by atoms with van der Waals surface area (Å²) in [6.07, 6.45) is 12.6. The molecule has 0 unspecified atom stereocenters. The van der Waals surface area contributed by atoms with E-state index >= 15 is 0 Å². The van der Waals surface area contributed by atoms with Crippen LogP contribution in [-0.2, 0) is 9.53 Å². The van der Waals surface area contributed by atoms with Crippen molar-refractivity contribution in [3.05, 3.63) is 23.8 Å². The van der Waals surface area contributed by atoms with Gasteiger partial charge in [0, 0.05) is 12.0 Å². The van der Waals surface area contributed by atoms with Crippen molar-refractivity contribution >= 4 is 5.78 Å². The second kappa shape index (κ2) is 3.81. The van der Waals surface area contributed by atoms with E-state index < -0.39 is 0 Å². The molecular formula is C15H20O2. The first-order valence-electron chi connectivity index (χ1n) is 6.75. The Morgan fingerprint density at radius 2 is 2.06 bits per heavy atom. The number of rotatable bonds is 0. The van der Waals surface area contributed by atoms with Crippen LogP contribution in [0.1, 0.15) is 45.4 Å². The summed E-state index contributed by atoms with van der Waals surface area (Å²) >= 11 is 0. The fraction of sp³-hybridized carbons (Fsp3) is 0.667. The Morgan fingerprint density at radius 3 is 2.94 bits per heavy atom. The maximum atomic E-state index is 11.6. The minimum atomic E-state index is -0.268. The number of hydrogen-bond acceptors (Lipinski definition) is 2. The summed E-state index contributed by atoms with van der Waals surface area (Å²) in [5, 5.41) is 0. The first kappa shape index (κ1) is 11.2. The Kier molecular flexibility index (Phi) is 2.51. The number of hydrogen-bond donors (Lipinski definition) is 0. The van der Waals surface area contributed by atoms with Crippen LogP contribution >= 0.6 is 0 Å². The van der Waals surface area contributed by atoms with Gasteiger partial charge in [-0.15, -0.1) is 0 Å². The molecule has 0 N–H and O–H groups in total. The molecule has 2 aliphatic carbocycles. The van der Waals surface area contributed by atoms with Crippen LogP contribution in [0.2, 0.25) is 0 Å². The molecule has 0 bridgehead atoms. The molecule has 0 aromatic heterocycles. The van der Waals surface area contributed by atoms with Gasteiger partial charge in [0.05, 0.1) is 0 Å². The van der Waals surface area contributed by atoms with E-state index in [-0.39, 0.29) is 16.8 Å². The number of carbonyl (C=O) groups excluding carboxylic acids is 1. The molecule has 92 valence electrons. The third-order valence-corrected chi connectivity index (χ3v) is 4.80. The minimum Gasteiger partial charge on any atom is -0.366 e. The van der Waals surface area contributed by atoms with Crippen LogP contribution in [0.4, 0.5) is 0 Å². The second-order valence-corrected chi connectivity index (χ2v) is 5.86. The van der Waals surface area contributed by atoms with E-state index in [1.54, 1.807) is 6.08 Å². The Morgan fingerprint density at radius 1 is 1.24 bits per heavy atom. The number of allylic oxidation sites excluding steroid dienone is 2. The molecule has 1 saturated carbocycles. The van der Waals surface area contributed by atoms with E-state index in [0.29, 0.717) is 0 Å². The van der Waals surface area contributed by atoms with Gasteiger partial charge in [-0.2, -0.15) is 0 Å². The molecule has 2 heteroatoms. The van der Waals surface area contributed by atoms with Crippen molar-refractivity contribution in [2.24, 2.45) is 5.41 Å². The first-order chi connectivity index (χ1) is 8.16. The van der Waals surface area contributed by atoms with E-state index in [9.17, 15) is 4.79 Å². The van der Waals surface area contributed by atoms with Gasteiger partial charge < -0.3 is 4.74 Å². The van der Waals surface area contributed by atoms with Crippen molar-refractivity contribution in [1.29, 1.82) is 0 Å².